The summed E-state index contributed by atoms with van der Waals surface area (Å²) in [5, 5.41) is 23.9. The van der Waals surface area contributed by atoms with E-state index in [1.807, 2.05) is 0 Å². The molecule has 8 atom stereocenters. The van der Waals surface area contributed by atoms with Crippen LogP contribution in [0.15, 0.2) is 11.6 Å². The summed E-state index contributed by atoms with van der Waals surface area (Å²) in [6.45, 7) is 3.82. The number of aliphatic hydroxyl groups is 2. The van der Waals surface area contributed by atoms with Crippen LogP contribution in [-0.4, -0.2) is 52.4 Å². The second-order valence-electron chi connectivity index (χ2n) is 11.4. The van der Waals surface area contributed by atoms with Gasteiger partial charge in [-0.15, -0.1) is 0 Å². The second kappa shape index (κ2) is 7.13. The molecule has 0 amide bonds. The van der Waals surface area contributed by atoms with Crippen LogP contribution in [-0.2, 0) is 23.9 Å². The molecule has 176 valence electrons. The topological polar surface area (TPSA) is 110 Å². The monoisotopic (exact) mass is 446 g/mol. The molecule has 0 aromatic carbocycles. The van der Waals surface area contributed by atoms with E-state index in [1.165, 1.54) is 6.92 Å². The van der Waals surface area contributed by atoms with Crippen LogP contribution in [0.1, 0.15) is 71.6 Å². The van der Waals surface area contributed by atoms with E-state index in [1.54, 1.807) is 6.08 Å². The number of hydrogen-bond donors (Lipinski definition) is 2. The maximum atomic E-state index is 12.7. The first kappa shape index (κ1) is 22.1. The van der Waals surface area contributed by atoms with E-state index in [0.29, 0.717) is 38.7 Å². The molecule has 1 aliphatic heterocycles. The van der Waals surface area contributed by atoms with E-state index in [2.05, 4.69) is 6.92 Å². The number of carbonyl (C=O) groups is 3. The highest BCUT2D eigenvalue weighted by Crippen LogP contribution is 2.69. The average molecular weight is 447 g/mol. The van der Waals surface area contributed by atoms with Crippen molar-refractivity contribution in [3.8, 4) is 0 Å². The van der Waals surface area contributed by atoms with E-state index in [9.17, 15) is 24.6 Å². The SMILES string of the molecule is CC(=O)O[C@H]1CC[C@]2(C=O)[C@H]3CC[C@]4(C)C[C@H](C5=CC(=O)OC5)C[C@@]4(O)[C@@H]3CC[C@]2(O)C1. The van der Waals surface area contributed by atoms with Gasteiger partial charge in [0.05, 0.1) is 16.6 Å². The highest BCUT2D eigenvalue weighted by molar-refractivity contribution is 5.85. The average Bonchev–Trinajstić information content (AvgIpc) is 3.27. The normalized spacial score (nSPS) is 49.9. The van der Waals surface area contributed by atoms with Gasteiger partial charge in [-0.2, -0.15) is 0 Å². The van der Waals surface area contributed by atoms with Crippen molar-refractivity contribution >= 4 is 18.2 Å². The lowest BCUT2D eigenvalue weighted by Crippen LogP contribution is -2.68. The summed E-state index contributed by atoms with van der Waals surface area (Å²) >= 11 is 0. The Morgan fingerprint density at radius 2 is 1.88 bits per heavy atom. The minimum atomic E-state index is -1.22. The predicted molar refractivity (Wildman–Crippen MR) is 113 cm³/mol. The highest BCUT2D eigenvalue weighted by atomic mass is 16.5. The fourth-order valence-electron chi connectivity index (χ4n) is 8.44. The molecule has 7 heteroatoms. The first-order valence-corrected chi connectivity index (χ1v) is 12.0. The van der Waals surface area contributed by atoms with E-state index in [-0.39, 0.29) is 47.6 Å². The lowest BCUT2D eigenvalue weighted by atomic mass is 9.42. The van der Waals surface area contributed by atoms with Gasteiger partial charge in [-0.05, 0) is 80.1 Å². The lowest BCUT2D eigenvalue weighted by molar-refractivity contribution is -0.247. The molecule has 0 spiro atoms. The van der Waals surface area contributed by atoms with Crippen LogP contribution in [0, 0.1) is 28.6 Å². The van der Waals surface area contributed by atoms with Crippen molar-refractivity contribution in [2.45, 2.75) is 88.9 Å². The van der Waals surface area contributed by atoms with Crippen molar-refractivity contribution in [3.63, 3.8) is 0 Å². The fourth-order valence-corrected chi connectivity index (χ4v) is 8.44. The zero-order valence-electron chi connectivity index (χ0n) is 19.0. The Kier molecular flexibility index (Phi) is 4.92. The molecule has 0 unspecified atom stereocenters. The van der Waals surface area contributed by atoms with Gasteiger partial charge in [-0.25, -0.2) is 4.79 Å². The van der Waals surface area contributed by atoms with Crippen LogP contribution < -0.4 is 0 Å². The van der Waals surface area contributed by atoms with Gasteiger partial charge in [0.15, 0.2) is 0 Å². The molecule has 7 nitrogen and oxygen atoms in total. The second-order valence-corrected chi connectivity index (χ2v) is 11.4. The third-order valence-corrected chi connectivity index (χ3v) is 10.00. The minimum absolute atomic E-state index is 0.0828. The first-order valence-electron chi connectivity index (χ1n) is 12.0. The number of rotatable bonds is 3. The smallest absolute Gasteiger partial charge is 0.331 e. The number of carbonyl (C=O) groups excluding carboxylic acids is 3. The van der Waals surface area contributed by atoms with E-state index >= 15 is 0 Å². The summed E-state index contributed by atoms with van der Waals surface area (Å²) < 4.78 is 10.5. The molecule has 5 rings (SSSR count). The molecule has 1 heterocycles. The lowest BCUT2D eigenvalue weighted by Gasteiger charge is -2.64. The molecular weight excluding hydrogens is 412 g/mol. The Hall–Kier alpha value is -1.73. The number of esters is 2. The van der Waals surface area contributed by atoms with Crippen molar-refractivity contribution < 1.29 is 34.1 Å². The number of aldehydes is 1. The maximum absolute atomic E-state index is 12.7. The molecule has 0 aromatic rings. The molecule has 32 heavy (non-hydrogen) atoms. The fraction of sp³-hybridized carbons (Fsp3) is 0.800. The summed E-state index contributed by atoms with van der Waals surface area (Å²) in [5.41, 5.74) is -2.41. The van der Waals surface area contributed by atoms with Crippen LogP contribution in [0.4, 0.5) is 0 Å². The highest BCUT2D eigenvalue weighted by Gasteiger charge is 2.70. The number of hydrogen-bond acceptors (Lipinski definition) is 7. The minimum Gasteiger partial charge on any atom is -0.462 e. The maximum Gasteiger partial charge on any atom is 0.331 e. The van der Waals surface area contributed by atoms with Crippen LogP contribution in [0.2, 0.25) is 0 Å². The Morgan fingerprint density at radius 3 is 2.53 bits per heavy atom. The molecular formula is C25H34O7. The molecule has 0 radical (unpaired) electrons. The van der Waals surface area contributed by atoms with Crippen molar-refractivity contribution in [2.24, 2.45) is 28.6 Å². The van der Waals surface area contributed by atoms with Gasteiger partial charge in [-0.3, -0.25) is 4.79 Å². The summed E-state index contributed by atoms with van der Waals surface area (Å²) in [7, 11) is 0. The van der Waals surface area contributed by atoms with Gasteiger partial charge in [0.1, 0.15) is 19.0 Å². The summed E-state index contributed by atoms with van der Waals surface area (Å²) in [6.07, 6.45) is 7.44. The van der Waals surface area contributed by atoms with Crippen LogP contribution >= 0.6 is 0 Å². The largest absolute Gasteiger partial charge is 0.462 e. The van der Waals surface area contributed by atoms with Gasteiger partial charge in [0, 0.05) is 19.4 Å². The zero-order chi connectivity index (χ0) is 22.9. The molecule has 4 aliphatic carbocycles. The Bertz CT molecular complexity index is 882. The van der Waals surface area contributed by atoms with Crippen LogP contribution in [0.5, 0.6) is 0 Å². The number of fused-ring (bicyclic) bond motifs is 5. The van der Waals surface area contributed by atoms with Gasteiger partial charge in [-0.1, -0.05) is 6.92 Å². The Morgan fingerprint density at radius 1 is 1.12 bits per heavy atom. The molecule has 0 saturated heterocycles. The summed E-state index contributed by atoms with van der Waals surface area (Å²) in [4.78, 5) is 35.8. The Balaban J connectivity index is 1.45. The van der Waals surface area contributed by atoms with Gasteiger partial charge >= 0.3 is 11.9 Å². The molecule has 4 fully saturated rings. The van der Waals surface area contributed by atoms with Crippen molar-refractivity contribution in [1.29, 1.82) is 0 Å². The predicted octanol–water partition coefficient (Wildman–Crippen LogP) is 2.47. The molecule has 2 N–H and O–H groups in total. The first-order chi connectivity index (χ1) is 15.1. The van der Waals surface area contributed by atoms with Crippen LogP contribution in [0.3, 0.4) is 0 Å². The third-order valence-electron chi connectivity index (χ3n) is 10.00. The van der Waals surface area contributed by atoms with Crippen LogP contribution in [0.25, 0.3) is 0 Å². The zero-order valence-corrected chi connectivity index (χ0v) is 19.0. The molecule has 5 aliphatic rings. The molecule has 4 saturated carbocycles. The van der Waals surface area contributed by atoms with E-state index in [4.69, 9.17) is 9.47 Å². The molecule has 0 aromatic heterocycles. The van der Waals surface area contributed by atoms with Crippen molar-refractivity contribution in [3.05, 3.63) is 11.6 Å². The van der Waals surface area contributed by atoms with E-state index < -0.39 is 16.6 Å². The third kappa shape index (κ3) is 2.89. The van der Waals surface area contributed by atoms with Gasteiger partial charge < -0.3 is 24.5 Å². The van der Waals surface area contributed by atoms with E-state index in [0.717, 1.165) is 31.1 Å². The number of ether oxygens (including phenoxy) is 2. The quantitative estimate of drug-likeness (QED) is 0.506. The number of cyclic esters (lactones) is 1. The van der Waals surface area contributed by atoms with Crippen molar-refractivity contribution in [2.75, 3.05) is 6.61 Å². The summed E-state index contributed by atoms with van der Waals surface area (Å²) in [5.74, 6) is -0.765. The van der Waals surface area contributed by atoms with Crippen molar-refractivity contribution in [1.82, 2.24) is 0 Å². The van der Waals surface area contributed by atoms with Gasteiger partial charge in [0.25, 0.3) is 0 Å². The molecule has 0 bridgehead atoms. The standard InChI is InChI=1S/C25H34O7/c1-15(27)32-18-3-7-23(14-26)19-4-6-22(2)10-17(16-9-21(28)31-13-16)11-25(22,30)20(19)5-8-24(23,29)12-18/h9,14,17-20,29-30H,3-8,10-13H2,1-2H3/t17-,18-,19-,20+,22+,23-,24-,25+/m0/s1. The Labute approximate surface area is 188 Å². The van der Waals surface area contributed by atoms with Gasteiger partial charge in [0.2, 0.25) is 0 Å². The summed E-state index contributed by atoms with van der Waals surface area (Å²) in [6, 6.07) is 0.